The van der Waals surface area contributed by atoms with E-state index in [1.54, 1.807) is 49.2 Å². The first-order valence-electron chi connectivity index (χ1n) is 11.4. The molecule has 194 valence electrons. The number of nitro groups is 1. The monoisotopic (exact) mass is 543 g/mol. The van der Waals surface area contributed by atoms with Crippen molar-refractivity contribution >= 4 is 39.8 Å². The fraction of sp³-hybridized carbons (Fsp3) is 0.120. The van der Waals surface area contributed by atoms with E-state index in [-0.39, 0.29) is 40.0 Å². The number of hydrogen-bond acceptors (Lipinski definition) is 9. The van der Waals surface area contributed by atoms with Gasteiger partial charge in [-0.2, -0.15) is 15.3 Å². The zero-order valence-electron chi connectivity index (χ0n) is 20.5. The molecule has 0 saturated heterocycles. The predicted octanol–water partition coefficient (Wildman–Crippen LogP) is 3.21. The molecule has 5 rings (SSSR count). The van der Waals surface area contributed by atoms with Crippen LogP contribution < -0.4 is 16.7 Å². The quantitative estimate of drug-likeness (QED) is 0.250. The molecule has 3 aromatic heterocycles. The third kappa shape index (κ3) is 4.83. The first-order chi connectivity index (χ1) is 18.6. The third-order valence-corrected chi connectivity index (χ3v) is 6.19. The highest BCUT2D eigenvalue weighted by Crippen LogP contribution is 2.30. The Morgan fingerprint density at radius 1 is 1.18 bits per heavy atom. The molecule has 14 heteroatoms. The number of halogens is 1. The van der Waals surface area contributed by atoms with E-state index in [0.29, 0.717) is 16.8 Å². The molecule has 0 aliphatic carbocycles. The van der Waals surface area contributed by atoms with Gasteiger partial charge in [0, 0.05) is 30.9 Å². The minimum Gasteiger partial charge on any atom is -0.324 e. The standard InChI is InChI=1S/C25H18ClN9O4/c1-14-5-18(11-28-10-14)34-24(36)30-23(29-21-7-16-12-32(2)31-20(16)8-19(21)26)33(25(34)37)13-17-6-15(9-27)3-4-22(17)35(38)39/h3-8,10-12H,13H2,1-2H3,(H,29,30,36). The van der Waals surface area contributed by atoms with Gasteiger partial charge in [-0.05, 0) is 42.8 Å². The summed E-state index contributed by atoms with van der Waals surface area (Å²) in [5, 5.41) is 29.3. The highest BCUT2D eigenvalue weighted by atomic mass is 35.5. The smallest absolute Gasteiger partial charge is 0.324 e. The average molecular weight is 544 g/mol. The Morgan fingerprint density at radius 2 is 1.97 bits per heavy atom. The number of nitro benzene ring substituents is 1. The van der Waals surface area contributed by atoms with Crippen molar-refractivity contribution in [2.45, 2.75) is 13.5 Å². The molecule has 0 aliphatic rings. The number of benzene rings is 2. The fourth-order valence-corrected chi connectivity index (χ4v) is 4.34. The van der Waals surface area contributed by atoms with Crippen LogP contribution >= 0.6 is 11.6 Å². The van der Waals surface area contributed by atoms with Crippen LogP contribution in [0.1, 0.15) is 16.7 Å². The van der Waals surface area contributed by atoms with Crippen LogP contribution in [0.15, 0.2) is 64.6 Å². The van der Waals surface area contributed by atoms with Crippen molar-refractivity contribution in [1.29, 1.82) is 5.26 Å². The van der Waals surface area contributed by atoms with Crippen LogP contribution in [-0.4, -0.2) is 33.8 Å². The van der Waals surface area contributed by atoms with E-state index in [2.05, 4.69) is 20.4 Å². The zero-order valence-corrected chi connectivity index (χ0v) is 21.2. The number of fused-ring (bicyclic) bond motifs is 1. The Kier molecular flexibility index (Phi) is 6.39. The van der Waals surface area contributed by atoms with Gasteiger partial charge in [-0.3, -0.25) is 24.3 Å². The molecule has 0 atom stereocenters. The largest absolute Gasteiger partial charge is 0.359 e. The first kappa shape index (κ1) is 25.3. The average Bonchev–Trinajstić information content (AvgIpc) is 3.24. The van der Waals surface area contributed by atoms with Crippen molar-refractivity contribution in [3.05, 3.63) is 108 Å². The molecule has 0 unspecified atom stereocenters. The summed E-state index contributed by atoms with van der Waals surface area (Å²) >= 11 is 6.46. The lowest BCUT2D eigenvalue weighted by Gasteiger charge is -2.16. The highest BCUT2D eigenvalue weighted by Gasteiger charge is 2.21. The van der Waals surface area contributed by atoms with Gasteiger partial charge in [0.05, 0.1) is 56.8 Å². The number of aromatic nitrogens is 6. The number of nitriles is 1. The van der Waals surface area contributed by atoms with Crippen molar-refractivity contribution in [2.24, 2.45) is 7.05 Å². The van der Waals surface area contributed by atoms with Gasteiger partial charge in [-0.25, -0.2) is 14.2 Å². The number of pyridine rings is 1. The van der Waals surface area contributed by atoms with Crippen LogP contribution in [0.2, 0.25) is 5.02 Å². The second-order valence-corrected chi connectivity index (χ2v) is 9.08. The molecular weight excluding hydrogens is 526 g/mol. The minimum atomic E-state index is -0.898. The molecule has 39 heavy (non-hydrogen) atoms. The van der Waals surface area contributed by atoms with Gasteiger partial charge in [-0.1, -0.05) is 11.6 Å². The second kappa shape index (κ2) is 9.84. The first-order valence-corrected chi connectivity index (χ1v) is 11.8. The molecule has 0 amide bonds. The normalized spacial score (nSPS) is 10.9. The van der Waals surface area contributed by atoms with Crippen molar-refractivity contribution in [3.63, 3.8) is 0 Å². The van der Waals surface area contributed by atoms with Gasteiger partial charge >= 0.3 is 11.4 Å². The lowest BCUT2D eigenvalue weighted by molar-refractivity contribution is -0.385. The molecular formula is C25H18ClN9O4. The number of hydrogen-bond donors (Lipinski definition) is 1. The van der Waals surface area contributed by atoms with Crippen LogP contribution in [-0.2, 0) is 13.6 Å². The lowest BCUT2D eigenvalue weighted by Crippen LogP contribution is -2.42. The van der Waals surface area contributed by atoms with Gasteiger partial charge in [0.25, 0.3) is 5.69 Å². The van der Waals surface area contributed by atoms with Gasteiger partial charge in [-0.15, -0.1) is 0 Å². The Labute approximate surface area is 224 Å². The SMILES string of the molecule is Cc1cncc(-n2c(=O)nc(Nc3cc4cn(C)nc4cc3Cl)n(Cc3cc(C#N)ccc3[N+](=O)[O-])c2=O)c1. The fourth-order valence-electron chi connectivity index (χ4n) is 4.13. The summed E-state index contributed by atoms with van der Waals surface area (Å²) in [7, 11) is 1.75. The molecule has 0 fully saturated rings. The van der Waals surface area contributed by atoms with Crippen molar-refractivity contribution in [2.75, 3.05) is 5.32 Å². The summed E-state index contributed by atoms with van der Waals surface area (Å²) in [6, 6.07) is 10.6. The summed E-state index contributed by atoms with van der Waals surface area (Å²) in [5.41, 5.74) is 0.00747. The highest BCUT2D eigenvalue weighted by molar-refractivity contribution is 6.34. The molecule has 0 aliphatic heterocycles. The second-order valence-electron chi connectivity index (χ2n) is 8.67. The molecule has 0 saturated carbocycles. The van der Waals surface area contributed by atoms with Crippen LogP contribution in [0, 0.1) is 28.4 Å². The summed E-state index contributed by atoms with van der Waals surface area (Å²) in [6.45, 7) is 1.36. The number of rotatable bonds is 6. The van der Waals surface area contributed by atoms with Crippen LogP contribution in [0.4, 0.5) is 17.3 Å². The van der Waals surface area contributed by atoms with E-state index >= 15 is 0 Å². The third-order valence-electron chi connectivity index (χ3n) is 5.88. The zero-order chi connectivity index (χ0) is 27.8. The molecule has 5 aromatic rings. The van der Waals surface area contributed by atoms with E-state index in [1.807, 2.05) is 6.07 Å². The number of anilines is 2. The molecule has 3 heterocycles. The molecule has 13 nitrogen and oxygen atoms in total. The Hall–Kier alpha value is -5.35. The Balaban J connectivity index is 1.73. The van der Waals surface area contributed by atoms with Crippen molar-refractivity contribution in [3.8, 4) is 11.8 Å². The van der Waals surface area contributed by atoms with E-state index in [4.69, 9.17) is 11.6 Å². The molecule has 0 spiro atoms. The topological polar surface area (TPSA) is 167 Å². The van der Waals surface area contributed by atoms with E-state index in [1.165, 1.54) is 24.4 Å². The molecule has 0 radical (unpaired) electrons. The molecule has 0 bridgehead atoms. The van der Waals surface area contributed by atoms with Crippen LogP contribution in [0.3, 0.4) is 0 Å². The Bertz CT molecular complexity index is 1950. The number of aryl methyl sites for hydroxylation is 2. The maximum Gasteiger partial charge on any atom is 0.359 e. The van der Waals surface area contributed by atoms with Gasteiger partial charge < -0.3 is 5.32 Å². The van der Waals surface area contributed by atoms with Crippen molar-refractivity contribution < 1.29 is 4.92 Å². The Morgan fingerprint density at radius 3 is 2.69 bits per heavy atom. The molecule has 2 aromatic carbocycles. The maximum absolute atomic E-state index is 13.8. The maximum atomic E-state index is 13.8. The molecule has 1 N–H and O–H groups in total. The summed E-state index contributed by atoms with van der Waals surface area (Å²) < 4.78 is 3.49. The van der Waals surface area contributed by atoms with Gasteiger partial charge in [0.1, 0.15) is 0 Å². The number of nitrogens with one attached hydrogen (secondary N) is 1. The van der Waals surface area contributed by atoms with E-state index in [9.17, 15) is 25.0 Å². The summed E-state index contributed by atoms with van der Waals surface area (Å²) in [5.74, 6) is -0.205. The predicted molar refractivity (Wildman–Crippen MR) is 143 cm³/mol. The van der Waals surface area contributed by atoms with Crippen LogP contribution in [0.5, 0.6) is 0 Å². The van der Waals surface area contributed by atoms with Crippen molar-refractivity contribution in [1.82, 2.24) is 28.9 Å². The lowest BCUT2D eigenvalue weighted by atomic mass is 10.1. The minimum absolute atomic E-state index is 0.0624. The van der Waals surface area contributed by atoms with Gasteiger partial charge in [0.15, 0.2) is 0 Å². The van der Waals surface area contributed by atoms with E-state index in [0.717, 1.165) is 14.5 Å². The summed E-state index contributed by atoms with van der Waals surface area (Å²) in [4.78, 5) is 46.2. The van der Waals surface area contributed by atoms with Gasteiger partial charge in [0.2, 0.25) is 5.95 Å². The summed E-state index contributed by atoms with van der Waals surface area (Å²) in [6.07, 6.45) is 4.65. The van der Waals surface area contributed by atoms with Crippen LogP contribution in [0.25, 0.3) is 16.6 Å². The number of nitrogens with zero attached hydrogens (tertiary/aromatic N) is 8. The van der Waals surface area contributed by atoms with E-state index < -0.39 is 16.3 Å².